The molecule has 4 aliphatic rings. The molecule has 0 bridgehead atoms. The van der Waals surface area contributed by atoms with Crippen molar-refractivity contribution in [2.75, 3.05) is 9.80 Å². The number of hydrogen-bond acceptors (Lipinski definition) is 2. The standard InChI is InChI=1S/C111H76N2/c1-73-44-60-95-98-64-58-89(70-106(98)109(104(95)66-73,81-30-10-4-11-31-81)82-32-12-5-13-33-82)113(90-59-65-99-96-61-45-74(2)67-105(96)110(107(99)71-90,83-34-14-6-15-35-83)84-36-16-7-17-37-84)87-56-62-91(100(69-87)77-27-8-3-9-28-77)78-50-54-86(55-51-78)112(85-52-48-76(49-53-85)80-47-46-75-26-18-19-29-79(75)68-80)88-57-63-97-94-40-22-25-43-103(94)111(108(97)72-88)101-41-23-20-38-92(101)93-39-21-24-42-102(93)111/h3-72H,1-2H3. The molecule has 113 heavy (non-hydrogen) atoms. The highest BCUT2D eigenvalue weighted by Crippen LogP contribution is 2.65. The van der Waals surface area contributed by atoms with Gasteiger partial charge in [-0.3, -0.25) is 0 Å². The highest BCUT2D eigenvalue weighted by atomic mass is 15.1. The largest absolute Gasteiger partial charge is 0.310 e. The fourth-order valence-corrected chi connectivity index (χ4v) is 20.3. The number of hydrogen-bond donors (Lipinski definition) is 0. The summed E-state index contributed by atoms with van der Waals surface area (Å²) >= 11 is 0. The third kappa shape index (κ3) is 9.92. The Morgan fingerprint density at radius 1 is 0.159 bits per heavy atom. The van der Waals surface area contributed by atoms with Gasteiger partial charge in [0.05, 0.1) is 16.2 Å². The van der Waals surface area contributed by atoms with Gasteiger partial charge >= 0.3 is 0 Å². The van der Waals surface area contributed by atoms with E-state index in [1.165, 1.54) is 144 Å². The monoisotopic (exact) mass is 1440 g/mol. The highest BCUT2D eigenvalue weighted by molar-refractivity contribution is 5.99. The van der Waals surface area contributed by atoms with Gasteiger partial charge in [0, 0.05) is 34.1 Å². The first-order chi connectivity index (χ1) is 55.8. The lowest BCUT2D eigenvalue weighted by atomic mass is 9.67. The summed E-state index contributed by atoms with van der Waals surface area (Å²) in [7, 11) is 0. The maximum Gasteiger partial charge on any atom is 0.0726 e. The minimum absolute atomic E-state index is 0.513. The fraction of sp³-hybridized carbons (Fsp3) is 0.0450. The summed E-state index contributed by atoms with van der Waals surface area (Å²) in [4.78, 5) is 5.02. The van der Waals surface area contributed by atoms with E-state index in [4.69, 9.17) is 0 Å². The zero-order valence-corrected chi connectivity index (χ0v) is 62.8. The molecule has 2 heteroatoms. The Morgan fingerprint density at radius 2 is 0.451 bits per heavy atom. The van der Waals surface area contributed by atoms with Crippen LogP contribution in [-0.2, 0) is 16.2 Å². The van der Waals surface area contributed by atoms with Crippen molar-refractivity contribution in [1.82, 2.24) is 0 Å². The van der Waals surface area contributed by atoms with E-state index in [9.17, 15) is 0 Å². The van der Waals surface area contributed by atoms with Crippen LogP contribution in [0.4, 0.5) is 34.1 Å². The van der Waals surface area contributed by atoms with E-state index in [1.807, 2.05) is 0 Å². The summed E-state index contributed by atoms with van der Waals surface area (Å²) in [6.07, 6.45) is 0. The van der Waals surface area contributed by atoms with Gasteiger partial charge in [-0.1, -0.05) is 357 Å². The van der Waals surface area contributed by atoms with Crippen LogP contribution in [0.5, 0.6) is 0 Å². The molecule has 0 N–H and O–H groups in total. The van der Waals surface area contributed by atoms with E-state index in [1.54, 1.807) is 0 Å². The first-order valence-corrected chi connectivity index (χ1v) is 39.5. The molecule has 0 aromatic heterocycles. The summed E-state index contributed by atoms with van der Waals surface area (Å²) in [5.41, 5.74) is 39.3. The zero-order valence-electron chi connectivity index (χ0n) is 62.8. The minimum Gasteiger partial charge on any atom is -0.310 e. The Kier molecular flexibility index (Phi) is 15.2. The number of rotatable bonds is 13. The molecule has 18 aromatic rings. The minimum atomic E-state index is -0.640. The molecule has 0 amide bonds. The van der Waals surface area contributed by atoms with Gasteiger partial charge in [0.25, 0.3) is 0 Å². The molecule has 0 radical (unpaired) electrons. The topological polar surface area (TPSA) is 6.48 Å². The van der Waals surface area contributed by atoms with E-state index in [2.05, 4.69) is 448 Å². The van der Waals surface area contributed by atoms with Crippen LogP contribution in [0.2, 0.25) is 0 Å². The molecule has 0 unspecified atom stereocenters. The predicted molar refractivity (Wildman–Crippen MR) is 470 cm³/mol. The lowest BCUT2D eigenvalue weighted by Crippen LogP contribution is -2.29. The molecule has 0 heterocycles. The van der Waals surface area contributed by atoms with Crippen LogP contribution in [-0.4, -0.2) is 0 Å². The molecule has 18 aromatic carbocycles. The van der Waals surface area contributed by atoms with Crippen LogP contribution < -0.4 is 9.80 Å². The van der Waals surface area contributed by atoms with E-state index < -0.39 is 16.2 Å². The van der Waals surface area contributed by atoms with Gasteiger partial charge < -0.3 is 9.80 Å². The van der Waals surface area contributed by atoms with Crippen LogP contribution >= 0.6 is 0 Å². The van der Waals surface area contributed by atoms with Crippen molar-refractivity contribution in [3.8, 4) is 77.9 Å². The Labute approximate surface area is 660 Å². The average molecular weight is 1440 g/mol. The van der Waals surface area contributed by atoms with Crippen LogP contribution in [0.25, 0.3) is 88.7 Å². The van der Waals surface area contributed by atoms with Gasteiger partial charge in [-0.05, 0) is 248 Å². The van der Waals surface area contributed by atoms with Crippen molar-refractivity contribution >= 4 is 44.9 Å². The number of aryl methyl sites for hydroxylation is 2. The molecule has 4 aliphatic carbocycles. The maximum atomic E-state index is 2.55. The maximum absolute atomic E-state index is 2.55. The van der Waals surface area contributed by atoms with Crippen LogP contribution in [0.1, 0.15) is 77.9 Å². The summed E-state index contributed by atoms with van der Waals surface area (Å²) in [5, 5.41) is 2.46. The number of benzene rings is 18. The Bertz CT molecular complexity index is 6470. The zero-order chi connectivity index (χ0) is 74.9. The van der Waals surface area contributed by atoms with Crippen LogP contribution in [0.15, 0.2) is 425 Å². The van der Waals surface area contributed by atoms with Crippen molar-refractivity contribution in [1.29, 1.82) is 0 Å². The van der Waals surface area contributed by atoms with Crippen molar-refractivity contribution in [3.05, 3.63) is 503 Å². The van der Waals surface area contributed by atoms with Gasteiger partial charge in [-0.15, -0.1) is 0 Å². The second-order valence-corrected chi connectivity index (χ2v) is 31.1. The molecule has 0 fully saturated rings. The van der Waals surface area contributed by atoms with Crippen molar-refractivity contribution in [2.24, 2.45) is 0 Å². The second-order valence-electron chi connectivity index (χ2n) is 31.1. The summed E-state index contributed by atoms with van der Waals surface area (Å²) in [5.74, 6) is 0. The average Bonchev–Trinajstić information content (AvgIpc) is 1.60. The lowest BCUT2D eigenvalue weighted by Gasteiger charge is -2.36. The molecular formula is C111H76N2. The molecule has 2 nitrogen and oxygen atoms in total. The van der Waals surface area contributed by atoms with Crippen LogP contribution in [0.3, 0.4) is 0 Å². The smallest absolute Gasteiger partial charge is 0.0726 e. The van der Waals surface area contributed by atoms with Crippen molar-refractivity contribution in [2.45, 2.75) is 30.1 Å². The van der Waals surface area contributed by atoms with Gasteiger partial charge in [-0.25, -0.2) is 0 Å². The number of anilines is 6. The van der Waals surface area contributed by atoms with Crippen molar-refractivity contribution < 1.29 is 0 Å². The van der Waals surface area contributed by atoms with Gasteiger partial charge in [-0.2, -0.15) is 0 Å². The Hall–Kier alpha value is -14.2. The van der Waals surface area contributed by atoms with Gasteiger partial charge in [0.1, 0.15) is 0 Å². The second kappa shape index (κ2) is 26.0. The van der Waals surface area contributed by atoms with E-state index in [0.29, 0.717) is 0 Å². The fourth-order valence-electron chi connectivity index (χ4n) is 20.3. The molecule has 0 aliphatic heterocycles. The number of fused-ring (bicyclic) bond motifs is 17. The molecular weight excluding hydrogens is 1360 g/mol. The first-order valence-electron chi connectivity index (χ1n) is 39.5. The lowest BCUT2D eigenvalue weighted by molar-refractivity contribution is 0.766. The molecule has 22 rings (SSSR count). The molecule has 0 saturated heterocycles. The third-order valence-corrected chi connectivity index (χ3v) is 25.1. The van der Waals surface area contributed by atoms with E-state index in [-0.39, 0.29) is 0 Å². The molecule has 530 valence electrons. The molecule has 1 spiro atoms. The van der Waals surface area contributed by atoms with Gasteiger partial charge in [0.2, 0.25) is 0 Å². The number of nitrogens with zero attached hydrogens (tertiary/aromatic N) is 2. The summed E-state index contributed by atoms with van der Waals surface area (Å²) in [6.45, 7) is 4.47. The SMILES string of the molecule is Cc1ccc2c(c1)C(c1ccccc1)(c1ccccc1)c1cc(N(c3ccc(-c4ccc(N(c5ccc(-c6ccc7ccccc7c6)cc5)c5ccc6c(c5)C5(c7ccccc7-c7ccccc75)c5ccccc5-6)cc4)c(-c4ccccc4)c3)c3ccc4c(c3)C(c3ccccc3)(c3ccccc3)c3cc(C)ccc3-4)ccc1-2. The predicted octanol–water partition coefficient (Wildman–Crippen LogP) is 28.5. The summed E-state index contributed by atoms with van der Waals surface area (Å²) < 4.78 is 0. The molecule has 0 saturated carbocycles. The Morgan fingerprint density at radius 3 is 0.885 bits per heavy atom. The van der Waals surface area contributed by atoms with E-state index in [0.717, 1.165) is 56.4 Å². The van der Waals surface area contributed by atoms with Crippen molar-refractivity contribution in [3.63, 3.8) is 0 Å². The normalized spacial score (nSPS) is 13.6. The third-order valence-electron chi connectivity index (χ3n) is 25.1. The quantitative estimate of drug-likeness (QED) is 0.114. The highest BCUT2D eigenvalue weighted by Gasteiger charge is 2.53. The van der Waals surface area contributed by atoms with Crippen LogP contribution in [0, 0.1) is 13.8 Å². The molecule has 0 atom stereocenters. The summed E-state index contributed by atoms with van der Waals surface area (Å²) in [6, 6.07) is 161. The van der Waals surface area contributed by atoms with Gasteiger partial charge in [0.15, 0.2) is 0 Å². The first kappa shape index (κ1) is 65.9. The van der Waals surface area contributed by atoms with E-state index >= 15 is 0 Å². The Balaban J connectivity index is 0.737.